The Morgan fingerprint density at radius 3 is 2.71 bits per heavy atom. The van der Waals surface area contributed by atoms with Crippen LogP contribution in [-0.4, -0.2) is 44.0 Å². The van der Waals surface area contributed by atoms with Crippen LogP contribution < -0.4 is 9.86 Å². The van der Waals surface area contributed by atoms with Crippen LogP contribution in [0.4, 0.5) is 5.69 Å². The first kappa shape index (κ1) is 23.0. The molecule has 0 bridgehead atoms. The third-order valence-electron chi connectivity index (χ3n) is 6.77. The number of benzene rings is 2. The Morgan fingerprint density at radius 1 is 1.09 bits per heavy atom. The molecule has 0 N–H and O–H groups in total. The molecule has 182 valence electrons. The first-order valence-corrected chi connectivity index (χ1v) is 15.0. The Labute approximate surface area is 211 Å². The quantitative estimate of drug-likeness (QED) is 0.261. The van der Waals surface area contributed by atoms with Crippen molar-refractivity contribution >= 4 is 59.8 Å². The molecular formula is C25H25N3O4S3. The fraction of sp³-hybridized carbons (Fsp3) is 0.360. The van der Waals surface area contributed by atoms with Gasteiger partial charge in [-0.2, -0.15) is 0 Å². The summed E-state index contributed by atoms with van der Waals surface area (Å²) in [5.74, 6) is 0.472. The van der Waals surface area contributed by atoms with E-state index in [2.05, 4.69) is 0 Å². The standard InChI is InChI=1S/C25H25N3O4S3/c1-32-14-12-27-24(29)22-17-8-2-3-10-19(17)34-23(22)26-25(27)33-15-13-28-18-9-4-6-16-7-5-11-20(21(16)18)35(28,30)31/h4-7,9,11H,2-3,8,10,12-15H2,1H3. The highest BCUT2D eigenvalue weighted by molar-refractivity contribution is 7.99. The van der Waals surface area contributed by atoms with Crippen molar-refractivity contribution in [3.63, 3.8) is 0 Å². The van der Waals surface area contributed by atoms with Gasteiger partial charge in [0.1, 0.15) is 4.83 Å². The van der Waals surface area contributed by atoms with Crippen LogP contribution in [0.15, 0.2) is 51.2 Å². The molecule has 4 aromatic rings. The average Bonchev–Trinajstić information content (AvgIpc) is 3.33. The van der Waals surface area contributed by atoms with Crippen molar-refractivity contribution in [1.29, 1.82) is 0 Å². The van der Waals surface area contributed by atoms with E-state index in [4.69, 9.17) is 9.72 Å². The molecule has 3 heterocycles. The number of ether oxygens (including phenoxy) is 1. The summed E-state index contributed by atoms with van der Waals surface area (Å²) in [6, 6.07) is 11.1. The summed E-state index contributed by atoms with van der Waals surface area (Å²) in [5, 5.41) is 3.07. The first-order chi connectivity index (χ1) is 17.0. The number of hydrogen-bond donors (Lipinski definition) is 0. The number of thiophene rings is 1. The van der Waals surface area contributed by atoms with Crippen molar-refractivity contribution in [3.8, 4) is 0 Å². The van der Waals surface area contributed by atoms with Crippen LogP contribution in [0.5, 0.6) is 0 Å². The number of anilines is 1. The van der Waals surface area contributed by atoms with Gasteiger partial charge in [0.2, 0.25) is 0 Å². The lowest BCUT2D eigenvalue weighted by molar-refractivity contribution is 0.183. The van der Waals surface area contributed by atoms with Crippen molar-refractivity contribution in [2.24, 2.45) is 0 Å². The molecule has 0 radical (unpaired) electrons. The number of aromatic nitrogens is 2. The third kappa shape index (κ3) is 3.69. The van der Waals surface area contributed by atoms with Gasteiger partial charge in [-0.1, -0.05) is 36.0 Å². The summed E-state index contributed by atoms with van der Waals surface area (Å²) in [5.41, 5.74) is 1.87. The number of methoxy groups -OCH3 is 1. The predicted octanol–water partition coefficient (Wildman–Crippen LogP) is 4.44. The molecule has 35 heavy (non-hydrogen) atoms. The molecule has 0 unspecified atom stereocenters. The number of hydrogen-bond acceptors (Lipinski definition) is 7. The number of rotatable bonds is 7. The molecule has 0 saturated heterocycles. The van der Waals surface area contributed by atoms with Gasteiger partial charge in [0.25, 0.3) is 15.6 Å². The lowest BCUT2D eigenvalue weighted by Gasteiger charge is -2.19. The molecule has 0 saturated carbocycles. The Morgan fingerprint density at radius 2 is 1.89 bits per heavy atom. The van der Waals surface area contributed by atoms with E-state index in [-0.39, 0.29) is 5.56 Å². The van der Waals surface area contributed by atoms with Gasteiger partial charge in [0, 0.05) is 29.7 Å². The molecular weight excluding hydrogens is 502 g/mol. The maximum absolute atomic E-state index is 13.5. The van der Waals surface area contributed by atoms with Crippen molar-refractivity contribution in [2.45, 2.75) is 42.3 Å². The maximum Gasteiger partial charge on any atom is 0.265 e. The molecule has 0 amide bonds. The Kier molecular flexibility index (Phi) is 5.87. The largest absolute Gasteiger partial charge is 0.383 e. The second kappa shape index (κ2) is 8.92. The van der Waals surface area contributed by atoms with Crippen molar-refractivity contribution in [2.75, 3.05) is 30.3 Å². The van der Waals surface area contributed by atoms with E-state index in [0.717, 1.165) is 46.7 Å². The third-order valence-corrected chi connectivity index (χ3v) is 10.8. The van der Waals surface area contributed by atoms with Crippen LogP contribution in [0.2, 0.25) is 0 Å². The number of aryl methyl sites for hydroxylation is 2. The topological polar surface area (TPSA) is 81.5 Å². The van der Waals surface area contributed by atoms with Crippen LogP contribution in [0.25, 0.3) is 21.0 Å². The minimum Gasteiger partial charge on any atom is -0.383 e. The zero-order valence-corrected chi connectivity index (χ0v) is 21.8. The molecule has 2 aliphatic rings. The smallest absolute Gasteiger partial charge is 0.265 e. The average molecular weight is 528 g/mol. The van der Waals surface area contributed by atoms with E-state index in [0.29, 0.717) is 41.2 Å². The normalized spacial score (nSPS) is 16.3. The molecule has 1 aliphatic carbocycles. The highest BCUT2D eigenvalue weighted by Gasteiger charge is 2.35. The molecule has 0 spiro atoms. The van der Waals surface area contributed by atoms with Gasteiger partial charge in [-0.3, -0.25) is 13.7 Å². The summed E-state index contributed by atoms with van der Waals surface area (Å²) in [7, 11) is -1.99. The summed E-state index contributed by atoms with van der Waals surface area (Å²) in [6.07, 6.45) is 4.20. The van der Waals surface area contributed by atoms with Crippen LogP contribution in [-0.2, 0) is 34.1 Å². The summed E-state index contributed by atoms with van der Waals surface area (Å²) in [4.78, 5) is 20.9. The first-order valence-electron chi connectivity index (χ1n) is 11.7. The second-order valence-electron chi connectivity index (χ2n) is 8.79. The van der Waals surface area contributed by atoms with E-state index in [1.807, 2.05) is 24.3 Å². The highest BCUT2D eigenvalue weighted by atomic mass is 32.2. The van der Waals surface area contributed by atoms with Gasteiger partial charge in [-0.05, 0) is 48.8 Å². The van der Waals surface area contributed by atoms with Gasteiger partial charge in [0.15, 0.2) is 5.16 Å². The number of fused-ring (bicyclic) bond motifs is 3. The lowest BCUT2D eigenvalue weighted by atomic mass is 9.97. The summed E-state index contributed by atoms with van der Waals surface area (Å²) < 4.78 is 35.0. The predicted molar refractivity (Wildman–Crippen MR) is 142 cm³/mol. The molecule has 6 rings (SSSR count). The van der Waals surface area contributed by atoms with Gasteiger partial charge in [-0.25, -0.2) is 13.4 Å². The molecule has 2 aromatic carbocycles. The molecule has 7 nitrogen and oxygen atoms in total. The zero-order valence-electron chi connectivity index (χ0n) is 19.3. The Bertz CT molecular complexity index is 1620. The van der Waals surface area contributed by atoms with Crippen molar-refractivity contribution in [1.82, 2.24) is 9.55 Å². The van der Waals surface area contributed by atoms with Crippen LogP contribution in [0.3, 0.4) is 0 Å². The van der Waals surface area contributed by atoms with E-state index < -0.39 is 10.0 Å². The monoisotopic (exact) mass is 527 g/mol. The lowest BCUT2D eigenvalue weighted by Crippen LogP contribution is -2.30. The van der Waals surface area contributed by atoms with Gasteiger partial charge in [0.05, 0.1) is 29.1 Å². The van der Waals surface area contributed by atoms with Gasteiger partial charge < -0.3 is 4.74 Å². The maximum atomic E-state index is 13.5. The van der Waals surface area contributed by atoms with Crippen molar-refractivity contribution < 1.29 is 13.2 Å². The SMILES string of the molecule is COCCn1c(SCCN2c3cccc4cccc(c34)S2(=O)=O)nc2sc3c(c2c1=O)CCCC3. The zero-order chi connectivity index (χ0) is 24.2. The molecule has 0 atom stereocenters. The fourth-order valence-electron chi connectivity index (χ4n) is 5.13. The minimum atomic E-state index is -3.61. The van der Waals surface area contributed by atoms with Gasteiger partial charge in [-0.15, -0.1) is 11.3 Å². The Balaban J connectivity index is 1.32. The summed E-state index contributed by atoms with van der Waals surface area (Å²) in [6.45, 7) is 1.11. The molecule has 2 aromatic heterocycles. The van der Waals surface area contributed by atoms with Crippen LogP contribution >= 0.6 is 23.1 Å². The van der Waals surface area contributed by atoms with E-state index in [1.165, 1.54) is 26.5 Å². The number of thioether (sulfide) groups is 1. The molecule has 10 heteroatoms. The molecule has 0 fully saturated rings. The van der Waals surface area contributed by atoms with Gasteiger partial charge >= 0.3 is 0 Å². The number of nitrogens with zero attached hydrogens (tertiary/aromatic N) is 3. The van der Waals surface area contributed by atoms with Crippen LogP contribution in [0.1, 0.15) is 23.3 Å². The summed E-state index contributed by atoms with van der Waals surface area (Å²) >= 11 is 3.06. The van der Waals surface area contributed by atoms with E-state index >= 15 is 0 Å². The minimum absolute atomic E-state index is 0.0140. The second-order valence-corrected chi connectivity index (χ2v) is 12.8. The number of sulfonamides is 1. The Hall–Kier alpha value is -2.40. The molecule has 1 aliphatic heterocycles. The van der Waals surface area contributed by atoms with Crippen molar-refractivity contribution in [3.05, 3.63) is 57.2 Å². The van der Waals surface area contributed by atoms with Crippen LogP contribution in [0, 0.1) is 0 Å². The fourth-order valence-corrected chi connectivity index (χ4v) is 9.21. The van der Waals surface area contributed by atoms with E-state index in [1.54, 1.807) is 35.1 Å². The highest BCUT2D eigenvalue weighted by Crippen LogP contribution is 2.42. The van der Waals surface area contributed by atoms with E-state index in [9.17, 15) is 13.2 Å².